The molecule has 1 aliphatic rings. The first-order valence-electron chi connectivity index (χ1n) is 6.95. The smallest absolute Gasteiger partial charge is 0.224 e. The average molecular weight is 278 g/mol. The SMILES string of the molecule is COc1ccc(NC(=O)CC2CCCNC2)c(OC)c1. The first kappa shape index (κ1) is 14.7. The number of rotatable bonds is 5. The minimum absolute atomic E-state index is 0.0298. The van der Waals surface area contributed by atoms with Crippen LogP contribution < -0.4 is 20.1 Å². The first-order valence-corrected chi connectivity index (χ1v) is 6.95. The lowest BCUT2D eigenvalue weighted by atomic mass is 9.96. The Hall–Kier alpha value is -1.75. The molecule has 0 bridgehead atoms. The topological polar surface area (TPSA) is 59.6 Å². The van der Waals surface area contributed by atoms with Gasteiger partial charge >= 0.3 is 0 Å². The van der Waals surface area contributed by atoms with E-state index in [0.717, 1.165) is 25.9 Å². The Bertz CT molecular complexity index is 456. The molecular weight excluding hydrogens is 256 g/mol. The van der Waals surface area contributed by atoms with Crippen LogP contribution in [0, 0.1) is 5.92 Å². The Labute approximate surface area is 119 Å². The fourth-order valence-corrected chi connectivity index (χ4v) is 2.46. The summed E-state index contributed by atoms with van der Waals surface area (Å²) in [5.74, 6) is 1.77. The third-order valence-corrected chi connectivity index (χ3v) is 3.56. The Morgan fingerprint density at radius 1 is 1.40 bits per heavy atom. The lowest BCUT2D eigenvalue weighted by molar-refractivity contribution is -0.117. The lowest BCUT2D eigenvalue weighted by Crippen LogP contribution is -2.32. The molecule has 20 heavy (non-hydrogen) atoms. The molecule has 2 rings (SSSR count). The molecule has 5 nitrogen and oxygen atoms in total. The van der Waals surface area contributed by atoms with Gasteiger partial charge in [-0.2, -0.15) is 0 Å². The minimum Gasteiger partial charge on any atom is -0.497 e. The number of carbonyl (C=O) groups is 1. The van der Waals surface area contributed by atoms with Crippen molar-refractivity contribution in [3.8, 4) is 11.5 Å². The van der Waals surface area contributed by atoms with E-state index in [1.165, 1.54) is 0 Å². The number of carbonyl (C=O) groups excluding carboxylic acids is 1. The summed E-state index contributed by atoms with van der Waals surface area (Å²) in [5, 5.41) is 6.23. The molecule has 1 saturated heterocycles. The van der Waals surface area contributed by atoms with Crippen LogP contribution in [0.3, 0.4) is 0 Å². The summed E-state index contributed by atoms with van der Waals surface area (Å²) < 4.78 is 10.4. The molecule has 0 radical (unpaired) electrons. The van der Waals surface area contributed by atoms with E-state index in [0.29, 0.717) is 29.5 Å². The van der Waals surface area contributed by atoms with Gasteiger partial charge in [0.05, 0.1) is 19.9 Å². The van der Waals surface area contributed by atoms with Gasteiger partial charge in [-0.1, -0.05) is 0 Å². The molecule has 1 aromatic carbocycles. The number of nitrogens with one attached hydrogen (secondary N) is 2. The number of hydrogen-bond donors (Lipinski definition) is 2. The molecule has 1 fully saturated rings. The average Bonchev–Trinajstić information content (AvgIpc) is 2.48. The molecule has 1 aromatic rings. The summed E-state index contributed by atoms with van der Waals surface area (Å²) in [4.78, 5) is 12.1. The largest absolute Gasteiger partial charge is 0.497 e. The van der Waals surface area contributed by atoms with Gasteiger partial charge in [0.2, 0.25) is 5.91 Å². The van der Waals surface area contributed by atoms with Crippen molar-refractivity contribution >= 4 is 11.6 Å². The summed E-state index contributed by atoms with van der Waals surface area (Å²) >= 11 is 0. The second kappa shape index (κ2) is 7.14. The van der Waals surface area contributed by atoms with Crippen LogP contribution in [0.15, 0.2) is 18.2 Å². The number of benzene rings is 1. The van der Waals surface area contributed by atoms with E-state index in [9.17, 15) is 4.79 Å². The van der Waals surface area contributed by atoms with Gasteiger partial charge in [-0.3, -0.25) is 4.79 Å². The molecule has 1 aliphatic heterocycles. The predicted molar refractivity (Wildman–Crippen MR) is 78.4 cm³/mol. The summed E-state index contributed by atoms with van der Waals surface area (Å²) in [6.07, 6.45) is 2.80. The summed E-state index contributed by atoms with van der Waals surface area (Å²) in [5.41, 5.74) is 0.682. The number of anilines is 1. The van der Waals surface area contributed by atoms with E-state index in [2.05, 4.69) is 10.6 Å². The standard InChI is InChI=1S/C15H22N2O3/c1-19-12-5-6-13(14(9-12)20-2)17-15(18)8-11-4-3-7-16-10-11/h5-6,9,11,16H,3-4,7-8,10H2,1-2H3,(H,17,18). The molecule has 1 amide bonds. The van der Waals surface area contributed by atoms with E-state index in [1.54, 1.807) is 32.4 Å². The van der Waals surface area contributed by atoms with Gasteiger partial charge in [-0.25, -0.2) is 0 Å². The molecule has 0 aromatic heterocycles. The van der Waals surface area contributed by atoms with Crippen molar-refractivity contribution in [2.45, 2.75) is 19.3 Å². The quantitative estimate of drug-likeness (QED) is 0.865. The van der Waals surface area contributed by atoms with Crippen LogP contribution in [0.2, 0.25) is 0 Å². The van der Waals surface area contributed by atoms with Crippen LogP contribution in [-0.4, -0.2) is 33.2 Å². The molecule has 5 heteroatoms. The van der Waals surface area contributed by atoms with Gasteiger partial charge in [0.15, 0.2) is 0 Å². The number of hydrogen-bond acceptors (Lipinski definition) is 4. The molecule has 2 N–H and O–H groups in total. The molecule has 110 valence electrons. The molecule has 1 atom stereocenters. The highest BCUT2D eigenvalue weighted by atomic mass is 16.5. The van der Waals surface area contributed by atoms with Crippen molar-refractivity contribution in [1.29, 1.82) is 0 Å². The molecule has 0 spiro atoms. The van der Waals surface area contributed by atoms with Gasteiger partial charge in [0, 0.05) is 12.5 Å². The molecular formula is C15H22N2O3. The third-order valence-electron chi connectivity index (χ3n) is 3.56. The van der Waals surface area contributed by atoms with E-state index < -0.39 is 0 Å². The van der Waals surface area contributed by atoms with Crippen LogP contribution in [0.4, 0.5) is 5.69 Å². The van der Waals surface area contributed by atoms with Crippen molar-refractivity contribution in [2.75, 3.05) is 32.6 Å². The summed E-state index contributed by atoms with van der Waals surface area (Å²) in [6, 6.07) is 5.37. The number of ether oxygens (including phenoxy) is 2. The highest BCUT2D eigenvalue weighted by Crippen LogP contribution is 2.29. The zero-order valence-corrected chi connectivity index (χ0v) is 12.1. The van der Waals surface area contributed by atoms with E-state index in [-0.39, 0.29) is 5.91 Å². The monoisotopic (exact) mass is 278 g/mol. The maximum Gasteiger partial charge on any atom is 0.224 e. The normalized spacial score (nSPS) is 18.4. The lowest BCUT2D eigenvalue weighted by Gasteiger charge is -2.22. The van der Waals surface area contributed by atoms with Crippen molar-refractivity contribution in [3.63, 3.8) is 0 Å². The molecule has 0 saturated carbocycles. The maximum absolute atomic E-state index is 12.1. The minimum atomic E-state index is 0.0298. The zero-order chi connectivity index (χ0) is 14.4. The van der Waals surface area contributed by atoms with Crippen molar-refractivity contribution < 1.29 is 14.3 Å². The zero-order valence-electron chi connectivity index (χ0n) is 12.1. The van der Waals surface area contributed by atoms with Gasteiger partial charge in [0.1, 0.15) is 11.5 Å². The Morgan fingerprint density at radius 2 is 2.25 bits per heavy atom. The Morgan fingerprint density at radius 3 is 2.90 bits per heavy atom. The highest BCUT2D eigenvalue weighted by Gasteiger charge is 2.17. The van der Waals surface area contributed by atoms with Gasteiger partial charge < -0.3 is 20.1 Å². The van der Waals surface area contributed by atoms with Gasteiger partial charge in [-0.05, 0) is 44.0 Å². The predicted octanol–water partition coefficient (Wildman–Crippen LogP) is 2.03. The summed E-state index contributed by atoms with van der Waals surface area (Å²) in [6.45, 7) is 1.98. The second-order valence-corrected chi connectivity index (χ2v) is 5.03. The molecule has 1 unspecified atom stereocenters. The fraction of sp³-hybridized carbons (Fsp3) is 0.533. The second-order valence-electron chi connectivity index (χ2n) is 5.03. The van der Waals surface area contributed by atoms with Crippen molar-refractivity contribution in [1.82, 2.24) is 5.32 Å². The summed E-state index contributed by atoms with van der Waals surface area (Å²) in [7, 11) is 3.18. The Balaban J connectivity index is 1.96. The van der Waals surface area contributed by atoms with Crippen LogP contribution in [0.25, 0.3) is 0 Å². The molecule has 1 heterocycles. The van der Waals surface area contributed by atoms with E-state index in [1.807, 2.05) is 0 Å². The Kier molecular flexibility index (Phi) is 5.24. The van der Waals surface area contributed by atoms with Crippen molar-refractivity contribution in [3.05, 3.63) is 18.2 Å². The fourth-order valence-electron chi connectivity index (χ4n) is 2.46. The first-order chi connectivity index (χ1) is 9.72. The van der Waals surface area contributed by atoms with Crippen molar-refractivity contribution in [2.24, 2.45) is 5.92 Å². The van der Waals surface area contributed by atoms with Crippen LogP contribution in [0.1, 0.15) is 19.3 Å². The van der Waals surface area contributed by atoms with Crippen LogP contribution in [0.5, 0.6) is 11.5 Å². The van der Waals surface area contributed by atoms with Crippen LogP contribution >= 0.6 is 0 Å². The maximum atomic E-state index is 12.1. The number of methoxy groups -OCH3 is 2. The van der Waals surface area contributed by atoms with Crippen LogP contribution in [-0.2, 0) is 4.79 Å². The number of piperidine rings is 1. The highest BCUT2D eigenvalue weighted by molar-refractivity contribution is 5.92. The number of amides is 1. The van der Waals surface area contributed by atoms with Gasteiger partial charge in [-0.15, -0.1) is 0 Å². The molecule has 0 aliphatic carbocycles. The van der Waals surface area contributed by atoms with Gasteiger partial charge in [0.25, 0.3) is 0 Å². The van der Waals surface area contributed by atoms with E-state index in [4.69, 9.17) is 9.47 Å². The van der Waals surface area contributed by atoms with E-state index >= 15 is 0 Å². The third kappa shape index (κ3) is 3.87.